The topological polar surface area (TPSA) is 37.3 Å². The van der Waals surface area contributed by atoms with Gasteiger partial charge in [-0.15, -0.1) is 0 Å². The maximum absolute atomic E-state index is 11.8. The van der Waals surface area contributed by atoms with E-state index in [1.807, 2.05) is 6.92 Å². The summed E-state index contributed by atoms with van der Waals surface area (Å²) in [5.41, 5.74) is 0.109. The van der Waals surface area contributed by atoms with Gasteiger partial charge in [-0.2, -0.15) is 0 Å². The second-order valence-electron chi connectivity index (χ2n) is 4.07. The third kappa shape index (κ3) is 3.44. The summed E-state index contributed by atoms with van der Waals surface area (Å²) in [5, 5.41) is 0. The van der Waals surface area contributed by atoms with Crippen molar-refractivity contribution in [2.24, 2.45) is 0 Å². The Hall–Kier alpha value is 0.190. The van der Waals surface area contributed by atoms with Gasteiger partial charge in [0.1, 0.15) is 0 Å². The molecule has 0 aromatic heterocycles. The minimum absolute atomic E-state index is 0.109. The molecule has 0 aromatic carbocycles. The lowest BCUT2D eigenvalue weighted by atomic mass is 10.0. The Morgan fingerprint density at radius 3 is 2.08 bits per heavy atom. The average Bonchev–Trinajstić information content (AvgIpc) is 2.03. The van der Waals surface area contributed by atoms with Gasteiger partial charge in [-0.1, -0.05) is 39.0 Å². The van der Waals surface area contributed by atoms with Gasteiger partial charge in [-0.05, 0) is 12.8 Å². The first kappa shape index (κ1) is 11.3. The Morgan fingerprint density at radius 1 is 1.15 bits per heavy atom. The molecule has 0 heterocycles. The Labute approximate surface area is 81.2 Å². The molecule has 0 radical (unpaired) electrons. The van der Waals surface area contributed by atoms with E-state index in [1.165, 1.54) is 19.3 Å². The highest BCUT2D eigenvalue weighted by Gasteiger charge is 2.28. The molecule has 1 rings (SSSR count). The minimum Gasteiger partial charge on any atom is -0.344 e. The van der Waals surface area contributed by atoms with E-state index in [4.69, 9.17) is 0 Å². The van der Waals surface area contributed by atoms with Crippen molar-refractivity contribution in [3.8, 4) is 0 Å². The van der Waals surface area contributed by atoms with Gasteiger partial charge in [0.15, 0.2) is 0 Å². The fraction of sp³-hybridized carbons (Fsp3) is 1.00. The van der Waals surface area contributed by atoms with Crippen LogP contribution >= 0.6 is 7.37 Å². The third-order valence-electron chi connectivity index (χ3n) is 3.10. The van der Waals surface area contributed by atoms with Crippen LogP contribution in [0.5, 0.6) is 0 Å². The van der Waals surface area contributed by atoms with Crippen LogP contribution in [0.4, 0.5) is 0 Å². The molecule has 0 amide bonds. The molecular weight excluding hydrogens is 183 g/mol. The zero-order valence-corrected chi connectivity index (χ0v) is 9.43. The lowest BCUT2D eigenvalue weighted by Gasteiger charge is -2.23. The molecule has 1 unspecified atom stereocenters. The molecule has 0 bridgehead atoms. The van der Waals surface area contributed by atoms with Gasteiger partial charge < -0.3 is 4.89 Å². The zero-order valence-electron chi connectivity index (χ0n) is 8.54. The van der Waals surface area contributed by atoms with Crippen molar-refractivity contribution in [3.05, 3.63) is 0 Å². The first-order valence-electron chi connectivity index (χ1n) is 5.48. The molecule has 3 heteroatoms. The van der Waals surface area contributed by atoms with Gasteiger partial charge in [0.2, 0.25) is 7.37 Å². The molecule has 1 aliphatic carbocycles. The second-order valence-corrected chi connectivity index (χ2v) is 6.94. The van der Waals surface area contributed by atoms with Crippen molar-refractivity contribution in [2.75, 3.05) is 6.16 Å². The van der Waals surface area contributed by atoms with Crippen LogP contribution in [-0.4, -0.2) is 16.7 Å². The number of hydrogen-bond acceptors (Lipinski definition) is 1. The van der Waals surface area contributed by atoms with Crippen LogP contribution in [0.1, 0.15) is 51.9 Å². The van der Waals surface area contributed by atoms with Crippen LogP contribution < -0.4 is 0 Å². The van der Waals surface area contributed by atoms with Crippen molar-refractivity contribution in [1.82, 2.24) is 0 Å². The Kier molecular flexibility index (Phi) is 4.48. The largest absolute Gasteiger partial charge is 0.344 e. The molecule has 1 aliphatic rings. The van der Waals surface area contributed by atoms with Gasteiger partial charge in [-0.3, -0.25) is 4.57 Å². The van der Waals surface area contributed by atoms with E-state index in [-0.39, 0.29) is 5.66 Å². The lowest BCUT2D eigenvalue weighted by molar-refractivity contribution is 0.429. The van der Waals surface area contributed by atoms with E-state index in [0.29, 0.717) is 6.16 Å². The maximum atomic E-state index is 11.8. The fourth-order valence-corrected chi connectivity index (χ4v) is 3.78. The van der Waals surface area contributed by atoms with E-state index in [9.17, 15) is 9.46 Å². The summed E-state index contributed by atoms with van der Waals surface area (Å²) >= 11 is 0. The standard InChI is InChI=1S/C10H21O2P/c1-2-13(11,12)10-8-6-4-3-5-7-9-10/h10H,2-9H2,1H3,(H,11,12). The van der Waals surface area contributed by atoms with Crippen molar-refractivity contribution in [1.29, 1.82) is 0 Å². The van der Waals surface area contributed by atoms with Crippen LogP contribution in [0.25, 0.3) is 0 Å². The highest BCUT2D eigenvalue weighted by atomic mass is 31.2. The van der Waals surface area contributed by atoms with Gasteiger partial charge in [-0.25, -0.2) is 0 Å². The van der Waals surface area contributed by atoms with Crippen LogP contribution in [0.2, 0.25) is 0 Å². The maximum Gasteiger partial charge on any atom is 0.203 e. The highest BCUT2D eigenvalue weighted by molar-refractivity contribution is 7.58. The number of hydrogen-bond donors (Lipinski definition) is 1. The van der Waals surface area contributed by atoms with Crippen molar-refractivity contribution < 1.29 is 9.46 Å². The second kappa shape index (κ2) is 5.17. The first-order valence-corrected chi connectivity index (χ1v) is 7.39. The Balaban J connectivity index is 2.50. The van der Waals surface area contributed by atoms with Crippen molar-refractivity contribution in [3.63, 3.8) is 0 Å². The van der Waals surface area contributed by atoms with Gasteiger partial charge >= 0.3 is 0 Å². The van der Waals surface area contributed by atoms with E-state index in [0.717, 1.165) is 25.7 Å². The molecular formula is C10H21O2P. The normalized spacial score (nSPS) is 26.0. The summed E-state index contributed by atoms with van der Waals surface area (Å²) in [6, 6.07) is 0. The zero-order chi connectivity index (χ0) is 9.73. The van der Waals surface area contributed by atoms with E-state index in [2.05, 4.69) is 0 Å². The first-order chi connectivity index (χ1) is 6.17. The van der Waals surface area contributed by atoms with Crippen LogP contribution in [0, 0.1) is 0 Å². The Bertz CT molecular complexity index is 183. The predicted octanol–water partition coefficient (Wildman–Crippen LogP) is 3.39. The van der Waals surface area contributed by atoms with E-state index < -0.39 is 7.37 Å². The van der Waals surface area contributed by atoms with E-state index >= 15 is 0 Å². The quantitative estimate of drug-likeness (QED) is 0.700. The molecule has 1 fully saturated rings. The van der Waals surface area contributed by atoms with Crippen molar-refractivity contribution in [2.45, 2.75) is 57.5 Å². The molecule has 0 aromatic rings. The van der Waals surface area contributed by atoms with Gasteiger partial charge in [0.25, 0.3) is 0 Å². The summed E-state index contributed by atoms with van der Waals surface area (Å²) in [4.78, 5) is 9.72. The lowest BCUT2D eigenvalue weighted by Crippen LogP contribution is -2.11. The summed E-state index contributed by atoms with van der Waals surface area (Å²) in [5.74, 6) is 0. The Morgan fingerprint density at radius 2 is 1.62 bits per heavy atom. The SMILES string of the molecule is CCP(=O)(O)C1CCCCCCC1. The molecule has 0 aliphatic heterocycles. The fourth-order valence-electron chi connectivity index (χ4n) is 2.10. The third-order valence-corrected chi connectivity index (χ3v) is 5.66. The van der Waals surface area contributed by atoms with Crippen molar-refractivity contribution >= 4 is 7.37 Å². The molecule has 1 N–H and O–H groups in total. The van der Waals surface area contributed by atoms with Gasteiger partial charge in [0, 0.05) is 11.8 Å². The van der Waals surface area contributed by atoms with Gasteiger partial charge in [0.05, 0.1) is 0 Å². The summed E-state index contributed by atoms with van der Waals surface area (Å²) in [6.07, 6.45) is 8.51. The molecule has 0 spiro atoms. The minimum atomic E-state index is -2.80. The predicted molar refractivity (Wildman–Crippen MR) is 56.5 cm³/mol. The van der Waals surface area contributed by atoms with Crippen LogP contribution in [-0.2, 0) is 4.57 Å². The van der Waals surface area contributed by atoms with E-state index in [1.54, 1.807) is 0 Å². The summed E-state index contributed by atoms with van der Waals surface area (Å²) in [6.45, 7) is 1.83. The molecule has 1 atom stereocenters. The molecule has 78 valence electrons. The molecule has 13 heavy (non-hydrogen) atoms. The molecule has 0 saturated heterocycles. The number of rotatable bonds is 2. The van der Waals surface area contributed by atoms with Crippen LogP contribution in [0.15, 0.2) is 0 Å². The highest BCUT2D eigenvalue weighted by Crippen LogP contribution is 2.50. The summed E-state index contributed by atoms with van der Waals surface area (Å²) < 4.78 is 11.8. The van der Waals surface area contributed by atoms with Crippen LogP contribution in [0.3, 0.4) is 0 Å². The summed E-state index contributed by atoms with van der Waals surface area (Å²) in [7, 11) is -2.80. The smallest absolute Gasteiger partial charge is 0.203 e. The molecule has 1 saturated carbocycles. The average molecular weight is 204 g/mol. The molecule has 2 nitrogen and oxygen atoms in total. The monoisotopic (exact) mass is 204 g/mol.